The molecule has 1 fully saturated rings. The Kier molecular flexibility index (Phi) is 4.55. The molecule has 0 spiro atoms. The molecule has 0 amide bonds. The lowest BCUT2D eigenvalue weighted by Gasteiger charge is -2.25. The van der Waals surface area contributed by atoms with Crippen molar-refractivity contribution in [2.75, 3.05) is 5.75 Å². The minimum absolute atomic E-state index is 0.589. The molecule has 1 nitrogen and oxygen atoms in total. The van der Waals surface area contributed by atoms with Crippen molar-refractivity contribution in [2.24, 2.45) is 0 Å². The third-order valence-electron chi connectivity index (χ3n) is 4.43. The molecular formula is C16H22BrNS. The number of rotatable bonds is 4. The summed E-state index contributed by atoms with van der Waals surface area (Å²) in [5.41, 5.74) is 3.07. The average molecular weight is 340 g/mol. The van der Waals surface area contributed by atoms with Crippen LogP contribution in [0.2, 0.25) is 0 Å². The highest BCUT2D eigenvalue weighted by molar-refractivity contribution is 9.10. The lowest BCUT2D eigenvalue weighted by Crippen LogP contribution is -2.36. The number of aryl methyl sites for hydroxylation is 1. The molecule has 3 heteroatoms. The van der Waals surface area contributed by atoms with E-state index in [-0.39, 0.29) is 0 Å². The molecule has 1 aromatic carbocycles. The van der Waals surface area contributed by atoms with Crippen LogP contribution >= 0.6 is 27.7 Å². The van der Waals surface area contributed by atoms with E-state index in [0.29, 0.717) is 6.04 Å². The zero-order chi connectivity index (χ0) is 13.2. The van der Waals surface area contributed by atoms with Crippen LogP contribution in [0.25, 0.3) is 0 Å². The summed E-state index contributed by atoms with van der Waals surface area (Å²) in [4.78, 5) is 0. The molecule has 3 rings (SSSR count). The van der Waals surface area contributed by atoms with Crippen molar-refractivity contribution in [2.45, 2.75) is 56.4 Å². The highest BCUT2D eigenvalue weighted by atomic mass is 79.9. The summed E-state index contributed by atoms with van der Waals surface area (Å²) >= 11 is 5.72. The summed E-state index contributed by atoms with van der Waals surface area (Å²) < 4.78 is 1.21. The van der Waals surface area contributed by atoms with E-state index in [1.165, 1.54) is 53.5 Å². The second-order valence-electron chi connectivity index (χ2n) is 5.63. The number of fused-ring (bicyclic) bond motifs is 1. The van der Waals surface area contributed by atoms with Gasteiger partial charge in [0.25, 0.3) is 0 Å². The lowest BCUT2D eigenvalue weighted by atomic mass is 10.1. The second kappa shape index (κ2) is 6.19. The third kappa shape index (κ3) is 3.03. The van der Waals surface area contributed by atoms with Crippen LogP contribution < -0.4 is 5.32 Å². The van der Waals surface area contributed by atoms with Crippen LogP contribution in [0.1, 0.15) is 49.8 Å². The van der Waals surface area contributed by atoms with E-state index in [2.05, 4.69) is 58.1 Å². The Morgan fingerprint density at radius 1 is 1.32 bits per heavy atom. The van der Waals surface area contributed by atoms with E-state index < -0.39 is 0 Å². The van der Waals surface area contributed by atoms with Gasteiger partial charge in [0.2, 0.25) is 0 Å². The van der Waals surface area contributed by atoms with Crippen LogP contribution in [0, 0.1) is 0 Å². The summed E-state index contributed by atoms with van der Waals surface area (Å²) in [6.45, 7) is 2.28. The summed E-state index contributed by atoms with van der Waals surface area (Å²) in [6.07, 6.45) is 6.65. The number of thioether (sulfide) groups is 1. The molecule has 0 bridgehead atoms. The predicted molar refractivity (Wildman–Crippen MR) is 87.9 cm³/mol. The van der Waals surface area contributed by atoms with Crippen molar-refractivity contribution in [3.63, 3.8) is 0 Å². The topological polar surface area (TPSA) is 12.0 Å². The van der Waals surface area contributed by atoms with Crippen LogP contribution in [0.15, 0.2) is 22.7 Å². The Balaban J connectivity index is 1.69. The minimum Gasteiger partial charge on any atom is -0.306 e. The lowest BCUT2D eigenvalue weighted by molar-refractivity contribution is 0.443. The van der Waals surface area contributed by atoms with Gasteiger partial charge in [-0.15, -0.1) is 0 Å². The van der Waals surface area contributed by atoms with Gasteiger partial charge < -0.3 is 5.32 Å². The van der Waals surface area contributed by atoms with Gasteiger partial charge in [-0.1, -0.05) is 35.3 Å². The first kappa shape index (κ1) is 14.0. The van der Waals surface area contributed by atoms with Crippen LogP contribution in [0.5, 0.6) is 0 Å². The first-order valence-electron chi connectivity index (χ1n) is 7.44. The standard InChI is InChI=1S/C16H22BrNS/c1-2-19-16-5-3-4-15(16)18-14-9-6-11-10-12(17)7-8-13(11)14/h7-8,10,14-16,18H,2-6,9H2,1H3. The molecule has 0 heterocycles. The molecule has 0 aliphatic heterocycles. The number of halogens is 1. The maximum atomic E-state index is 3.95. The number of benzene rings is 1. The fourth-order valence-electron chi connectivity index (χ4n) is 3.55. The number of nitrogens with one attached hydrogen (secondary N) is 1. The van der Waals surface area contributed by atoms with E-state index in [1.807, 2.05) is 0 Å². The van der Waals surface area contributed by atoms with Gasteiger partial charge in [-0.2, -0.15) is 11.8 Å². The van der Waals surface area contributed by atoms with Crippen molar-refractivity contribution >= 4 is 27.7 Å². The van der Waals surface area contributed by atoms with Crippen LogP contribution in [0.4, 0.5) is 0 Å². The summed E-state index contributed by atoms with van der Waals surface area (Å²) in [7, 11) is 0. The van der Waals surface area contributed by atoms with Crippen molar-refractivity contribution in [1.29, 1.82) is 0 Å². The largest absolute Gasteiger partial charge is 0.306 e. The summed E-state index contributed by atoms with van der Waals surface area (Å²) in [5, 5.41) is 4.79. The SMILES string of the molecule is CCSC1CCCC1NC1CCc2cc(Br)ccc21. The average Bonchev–Trinajstić information content (AvgIpc) is 2.98. The molecule has 1 aromatic rings. The molecular weight excluding hydrogens is 318 g/mol. The van der Waals surface area contributed by atoms with E-state index in [9.17, 15) is 0 Å². The fraction of sp³-hybridized carbons (Fsp3) is 0.625. The van der Waals surface area contributed by atoms with Gasteiger partial charge in [-0.05, 0) is 54.7 Å². The number of hydrogen-bond donors (Lipinski definition) is 1. The molecule has 1 saturated carbocycles. The number of hydrogen-bond acceptors (Lipinski definition) is 2. The van der Waals surface area contributed by atoms with Gasteiger partial charge in [0.15, 0.2) is 0 Å². The molecule has 104 valence electrons. The molecule has 3 unspecified atom stereocenters. The molecule has 2 aliphatic rings. The quantitative estimate of drug-likeness (QED) is 0.853. The van der Waals surface area contributed by atoms with Crippen LogP contribution in [0.3, 0.4) is 0 Å². The second-order valence-corrected chi connectivity index (χ2v) is 8.06. The zero-order valence-electron chi connectivity index (χ0n) is 11.5. The Hall–Kier alpha value is 0.01000. The first-order valence-corrected chi connectivity index (χ1v) is 9.28. The first-order chi connectivity index (χ1) is 9.28. The molecule has 0 radical (unpaired) electrons. The van der Waals surface area contributed by atoms with Gasteiger partial charge in [-0.3, -0.25) is 0 Å². The highest BCUT2D eigenvalue weighted by Crippen LogP contribution is 2.36. The Labute approximate surface area is 129 Å². The molecule has 2 aliphatic carbocycles. The Morgan fingerprint density at radius 2 is 2.21 bits per heavy atom. The third-order valence-corrected chi connectivity index (χ3v) is 6.25. The van der Waals surface area contributed by atoms with Crippen LogP contribution in [-0.4, -0.2) is 17.0 Å². The van der Waals surface area contributed by atoms with E-state index in [1.54, 1.807) is 0 Å². The van der Waals surface area contributed by atoms with Crippen molar-refractivity contribution in [1.82, 2.24) is 5.32 Å². The maximum absolute atomic E-state index is 3.95. The van der Waals surface area contributed by atoms with Gasteiger partial charge in [0.05, 0.1) is 0 Å². The van der Waals surface area contributed by atoms with Crippen molar-refractivity contribution < 1.29 is 0 Å². The molecule has 1 N–H and O–H groups in total. The molecule has 3 atom stereocenters. The fourth-order valence-corrected chi connectivity index (χ4v) is 5.16. The minimum atomic E-state index is 0.589. The monoisotopic (exact) mass is 339 g/mol. The molecule has 0 aromatic heterocycles. The van der Waals surface area contributed by atoms with E-state index >= 15 is 0 Å². The maximum Gasteiger partial charge on any atom is 0.0329 e. The molecule has 19 heavy (non-hydrogen) atoms. The van der Waals surface area contributed by atoms with Gasteiger partial charge >= 0.3 is 0 Å². The van der Waals surface area contributed by atoms with Gasteiger partial charge in [-0.25, -0.2) is 0 Å². The Bertz CT molecular complexity index is 448. The van der Waals surface area contributed by atoms with Gasteiger partial charge in [0, 0.05) is 21.8 Å². The molecule has 0 saturated heterocycles. The summed E-state index contributed by atoms with van der Waals surface area (Å²) in [5.74, 6) is 1.25. The normalized spacial score (nSPS) is 29.7. The summed E-state index contributed by atoms with van der Waals surface area (Å²) in [6, 6.07) is 8.10. The van der Waals surface area contributed by atoms with E-state index in [4.69, 9.17) is 0 Å². The van der Waals surface area contributed by atoms with Crippen molar-refractivity contribution in [3.8, 4) is 0 Å². The predicted octanol–water partition coefficient (Wildman–Crippen LogP) is 4.70. The van der Waals surface area contributed by atoms with E-state index in [0.717, 1.165) is 11.3 Å². The van der Waals surface area contributed by atoms with Gasteiger partial charge in [0.1, 0.15) is 0 Å². The van der Waals surface area contributed by atoms with Crippen molar-refractivity contribution in [3.05, 3.63) is 33.8 Å². The zero-order valence-corrected chi connectivity index (χ0v) is 13.9. The smallest absolute Gasteiger partial charge is 0.0329 e. The Morgan fingerprint density at radius 3 is 3.05 bits per heavy atom. The van der Waals surface area contributed by atoms with Crippen LogP contribution in [-0.2, 0) is 6.42 Å². The highest BCUT2D eigenvalue weighted by Gasteiger charge is 2.31.